The summed E-state index contributed by atoms with van der Waals surface area (Å²) in [6, 6.07) is 3.65. The van der Waals surface area contributed by atoms with Crippen molar-refractivity contribution in [2.75, 3.05) is 63.2 Å². The Kier molecular flexibility index (Phi) is 8.99. The lowest BCUT2D eigenvalue weighted by Gasteiger charge is -2.42. The first-order valence-corrected chi connectivity index (χ1v) is 15.1. The number of halogens is 4. The molecular formula is C32H39F4N7O2. The van der Waals surface area contributed by atoms with Gasteiger partial charge in [-0.15, -0.1) is 0 Å². The molecule has 1 aromatic heterocycles. The van der Waals surface area contributed by atoms with Crippen molar-refractivity contribution in [2.45, 2.75) is 57.9 Å². The Bertz CT molecular complexity index is 1500. The van der Waals surface area contributed by atoms with Gasteiger partial charge < -0.3 is 29.2 Å². The monoisotopic (exact) mass is 629 g/mol. The van der Waals surface area contributed by atoms with Crippen molar-refractivity contribution in [1.82, 2.24) is 19.8 Å². The Hall–Kier alpha value is -3.92. The van der Waals surface area contributed by atoms with E-state index in [1.807, 2.05) is 30.8 Å². The van der Waals surface area contributed by atoms with Crippen molar-refractivity contribution < 1.29 is 27.1 Å². The van der Waals surface area contributed by atoms with Gasteiger partial charge in [0.05, 0.1) is 24.4 Å². The van der Waals surface area contributed by atoms with Crippen molar-refractivity contribution in [3.05, 3.63) is 64.4 Å². The fourth-order valence-corrected chi connectivity index (χ4v) is 6.59. The van der Waals surface area contributed by atoms with Crippen molar-refractivity contribution in [2.24, 2.45) is 5.41 Å². The maximum absolute atomic E-state index is 13.8. The average Bonchev–Trinajstić information content (AvgIpc) is 3.73. The summed E-state index contributed by atoms with van der Waals surface area (Å²) < 4.78 is 61.4. The van der Waals surface area contributed by atoms with Crippen LogP contribution in [0.25, 0.3) is 4.85 Å². The highest BCUT2D eigenvalue weighted by Gasteiger charge is 2.44. The molecule has 1 aliphatic carbocycles. The summed E-state index contributed by atoms with van der Waals surface area (Å²) in [5.41, 5.74) is 1.49. The number of rotatable bonds is 9. The molecule has 2 aliphatic heterocycles. The lowest BCUT2D eigenvalue weighted by Crippen LogP contribution is -2.57. The Labute approximate surface area is 261 Å². The van der Waals surface area contributed by atoms with Gasteiger partial charge in [-0.05, 0) is 64.9 Å². The molecule has 2 atom stereocenters. The van der Waals surface area contributed by atoms with Crippen LogP contribution >= 0.6 is 0 Å². The normalized spacial score (nSPS) is 20.9. The first-order valence-electron chi connectivity index (χ1n) is 15.1. The number of benzene rings is 1. The van der Waals surface area contributed by atoms with Crippen LogP contribution in [0.15, 0.2) is 30.6 Å². The molecule has 2 fully saturated rings. The van der Waals surface area contributed by atoms with Crippen LogP contribution in [0.1, 0.15) is 42.1 Å². The number of hydrogen-bond acceptors (Lipinski definition) is 7. The molecule has 0 unspecified atom stereocenters. The van der Waals surface area contributed by atoms with E-state index in [9.17, 15) is 22.4 Å². The van der Waals surface area contributed by atoms with Crippen LogP contribution in [0.4, 0.5) is 29.1 Å². The van der Waals surface area contributed by atoms with E-state index in [1.54, 1.807) is 6.07 Å². The van der Waals surface area contributed by atoms with E-state index < -0.39 is 29.5 Å². The standard InChI is InChI=1S/C32H39F4N7O2/c1-20-14-24-26(17-43(20)27-9-7-8-25(21(27)2)32(34,35)36)38-30(45-19-31(10-11-31)18-40(5)6)39-28(24)41-12-13-42(29(44)22(3)33)23(16-41)15-37-4/h7-9,20,23H,3,10-19H2,1-2,5-6H3/t20-,23+/m1/s1. The molecule has 9 nitrogen and oxygen atoms in total. The van der Waals surface area contributed by atoms with Crippen molar-refractivity contribution in [1.29, 1.82) is 0 Å². The lowest BCUT2D eigenvalue weighted by molar-refractivity contribution is -0.138. The second kappa shape index (κ2) is 12.5. The smallest absolute Gasteiger partial charge is 0.416 e. The summed E-state index contributed by atoms with van der Waals surface area (Å²) in [7, 11) is 4.03. The highest BCUT2D eigenvalue weighted by atomic mass is 19.4. The summed E-state index contributed by atoms with van der Waals surface area (Å²) in [6.45, 7) is 16.3. The summed E-state index contributed by atoms with van der Waals surface area (Å²) in [6.07, 6.45) is -1.97. The van der Waals surface area contributed by atoms with Gasteiger partial charge in [-0.3, -0.25) is 4.79 Å². The third-order valence-electron chi connectivity index (χ3n) is 9.02. The first kappa shape index (κ1) is 32.5. The molecule has 0 bridgehead atoms. The fourth-order valence-electron chi connectivity index (χ4n) is 6.59. The molecule has 1 saturated carbocycles. The van der Waals surface area contributed by atoms with Crippen LogP contribution in [0.5, 0.6) is 6.01 Å². The minimum Gasteiger partial charge on any atom is -0.463 e. The highest BCUT2D eigenvalue weighted by Crippen LogP contribution is 2.46. The van der Waals surface area contributed by atoms with Crippen LogP contribution in [-0.2, 0) is 23.9 Å². The molecule has 0 spiro atoms. The van der Waals surface area contributed by atoms with Gasteiger partial charge in [0.15, 0.2) is 5.83 Å². The molecular weight excluding hydrogens is 590 g/mol. The van der Waals surface area contributed by atoms with E-state index in [0.717, 1.165) is 31.0 Å². The zero-order valence-corrected chi connectivity index (χ0v) is 26.1. The van der Waals surface area contributed by atoms with E-state index in [0.29, 0.717) is 36.8 Å². The molecule has 3 aliphatic rings. The Morgan fingerprint density at radius 1 is 1.24 bits per heavy atom. The number of carbonyl (C=O) groups excluding carboxylic acids is 1. The van der Waals surface area contributed by atoms with Gasteiger partial charge in [0, 0.05) is 48.9 Å². The molecule has 0 N–H and O–H groups in total. The van der Waals surface area contributed by atoms with Gasteiger partial charge in [-0.1, -0.05) is 12.6 Å². The highest BCUT2D eigenvalue weighted by molar-refractivity contribution is 5.91. The number of anilines is 2. The zero-order chi connectivity index (χ0) is 32.7. The Morgan fingerprint density at radius 3 is 2.60 bits per heavy atom. The third kappa shape index (κ3) is 6.85. The molecule has 3 heterocycles. The number of piperazine rings is 1. The summed E-state index contributed by atoms with van der Waals surface area (Å²) >= 11 is 0. The molecule has 242 valence electrons. The fraction of sp³-hybridized carbons (Fsp3) is 0.562. The zero-order valence-electron chi connectivity index (χ0n) is 26.1. The quantitative estimate of drug-likeness (QED) is 0.222. The second-order valence-electron chi connectivity index (χ2n) is 12.8. The number of aromatic nitrogens is 2. The van der Waals surface area contributed by atoms with Gasteiger partial charge in [-0.2, -0.15) is 23.1 Å². The number of ether oxygens (including phenoxy) is 1. The average molecular weight is 630 g/mol. The van der Waals surface area contributed by atoms with Crippen LogP contribution in [0, 0.1) is 18.9 Å². The van der Waals surface area contributed by atoms with Crippen molar-refractivity contribution in [3.63, 3.8) is 0 Å². The van der Waals surface area contributed by atoms with Crippen LogP contribution in [0.3, 0.4) is 0 Å². The molecule has 1 aromatic carbocycles. The van der Waals surface area contributed by atoms with E-state index in [-0.39, 0.29) is 49.2 Å². The third-order valence-corrected chi connectivity index (χ3v) is 9.02. The maximum Gasteiger partial charge on any atom is 0.416 e. The molecule has 45 heavy (non-hydrogen) atoms. The Morgan fingerprint density at radius 2 is 1.98 bits per heavy atom. The van der Waals surface area contributed by atoms with Gasteiger partial charge in [0.25, 0.3) is 5.91 Å². The number of carbonyl (C=O) groups is 1. The predicted octanol–water partition coefficient (Wildman–Crippen LogP) is 4.90. The van der Waals surface area contributed by atoms with E-state index >= 15 is 0 Å². The summed E-state index contributed by atoms with van der Waals surface area (Å²) in [5.74, 6) is -1.28. The molecule has 13 heteroatoms. The predicted molar refractivity (Wildman–Crippen MR) is 163 cm³/mol. The maximum atomic E-state index is 13.8. The summed E-state index contributed by atoms with van der Waals surface area (Å²) in [5, 5.41) is 0. The summed E-state index contributed by atoms with van der Waals surface area (Å²) in [4.78, 5) is 33.0. The minimum absolute atomic E-state index is 0.0140. The number of nitrogens with zero attached hydrogens (tertiary/aromatic N) is 7. The van der Waals surface area contributed by atoms with Gasteiger partial charge in [0.1, 0.15) is 11.9 Å². The SMILES string of the molecule is [C-]#[N+]C[C@H]1CN(c2nc(OCC3(CN(C)C)CC3)nc3c2C[C@@H](C)N(c2cccc(C(F)(F)F)c2C)C3)CCN1C(=O)C(=C)F. The Balaban J connectivity index is 1.51. The minimum atomic E-state index is -4.47. The molecule has 2 aromatic rings. The van der Waals surface area contributed by atoms with Crippen LogP contribution in [-0.4, -0.2) is 91.2 Å². The number of fused-ring (bicyclic) bond motifs is 1. The molecule has 1 amide bonds. The van der Waals surface area contributed by atoms with Gasteiger partial charge in [-0.25, -0.2) is 11.0 Å². The molecule has 5 rings (SSSR count). The second-order valence-corrected chi connectivity index (χ2v) is 12.8. The number of amides is 1. The lowest BCUT2D eigenvalue weighted by atomic mass is 9.95. The van der Waals surface area contributed by atoms with E-state index in [2.05, 4.69) is 16.3 Å². The van der Waals surface area contributed by atoms with Gasteiger partial charge >= 0.3 is 12.2 Å². The largest absolute Gasteiger partial charge is 0.463 e. The van der Waals surface area contributed by atoms with E-state index in [1.165, 1.54) is 17.9 Å². The van der Waals surface area contributed by atoms with Crippen molar-refractivity contribution >= 4 is 17.4 Å². The number of alkyl halides is 3. The first-order chi connectivity index (χ1) is 21.2. The van der Waals surface area contributed by atoms with Gasteiger partial charge in [0.2, 0.25) is 6.54 Å². The molecule has 0 radical (unpaired) electrons. The van der Waals surface area contributed by atoms with Crippen LogP contribution < -0.4 is 14.5 Å². The topological polar surface area (TPSA) is 69.4 Å². The number of hydrogen-bond donors (Lipinski definition) is 0. The van der Waals surface area contributed by atoms with E-state index in [4.69, 9.17) is 21.3 Å². The molecule has 1 saturated heterocycles. The van der Waals surface area contributed by atoms with Crippen molar-refractivity contribution in [3.8, 4) is 6.01 Å². The van der Waals surface area contributed by atoms with Crippen LogP contribution in [0.2, 0.25) is 0 Å².